The van der Waals surface area contributed by atoms with Crippen LogP contribution in [0.15, 0.2) is 105 Å². The van der Waals surface area contributed by atoms with E-state index >= 15 is 0 Å². The largest absolute Gasteiger partial charge is 0.393 e. The van der Waals surface area contributed by atoms with Gasteiger partial charge in [-0.3, -0.25) is 4.98 Å². The lowest BCUT2D eigenvalue weighted by molar-refractivity contribution is 0.806. The van der Waals surface area contributed by atoms with Gasteiger partial charge in [0.05, 0.1) is 23.3 Å². The average Bonchev–Trinajstić information content (AvgIpc) is 2.81. The van der Waals surface area contributed by atoms with Crippen molar-refractivity contribution in [3.63, 3.8) is 0 Å². The number of rotatable bonds is 8. The van der Waals surface area contributed by atoms with Crippen molar-refractivity contribution in [3.05, 3.63) is 95.2 Å². The van der Waals surface area contributed by atoms with Crippen molar-refractivity contribution in [2.24, 2.45) is 27.4 Å². The maximum Gasteiger partial charge on any atom is 0.133 e. The zero-order valence-corrected chi connectivity index (χ0v) is 18.9. The molecule has 0 bridgehead atoms. The van der Waals surface area contributed by atoms with Crippen LogP contribution in [-0.4, -0.2) is 29.9 Å². The van der Waals surface area contributed by atoms with Gasteiger partial charge in [0.25, 0.3) is 0 Å². The molecule has 3 heterocycles. The first kappa shape index (κ1) is 23.3. The number of fused-ring (bicyclic) bond motifs is 1. The molecule has 0 spiro atoms. The molecular formula is C24H29N9. The van der Waals surface area contributed by atoms with E-state index in [0.29, 0.717) is 23.2 Å². The molecule has 8 N–H and O–H groups in total. The highest BCUT2D eigenvalue weighted by Crippen LogP contribution is 2.24. The quantitative estimate of drug-likeness (QED) is 0.268. The second-order valence-corrected chi connectivity index (χ2v) is 7.59. The number of hydrogen-bond acceptors (Lipinski definition) is 7. The van der Waals surface area contributed by atoms with Crippen molar-refractivity contribution in [3.8, 4) is 0 Å². The first-order valence-corrected chi connectivity index (χ1v) is 10.5. The summed E-state index contributed by atoms with van der Waals surface area (Å²) < 4.78 is 0. The number of hydrogen-bond donors (Lipinski definition) is 6. The number of nitrogens with one attached hydrogen (secondary N) is 4. The van der Waals surface area contributed by atoms with Gasteiger partial charge in [0, 0.05) is 43.0 Å². The number of nitrogens with zero attached hydrogens (tertiary/aromatic N) is 3. The standard InChI is InChI=1S/C24H29N9/c1-15(2)16(11-25)10-22(26)33-23-7-6-20-21(32-23)9-17(12-30-20)19(14-28-3)24(27)31-18-5-4-8-29-13-18/h4-15,25,28,30,32H,1-3H3,(H2,26,33)(H2,27,31)/b16-10?,19-14-,25-11?. The van der Waals surface area contributed by atoms with Gasteiger partial charge in [0.15, 0.2) is 0 Å². The van der Waals surface area contributed by atoms with E-state index in [1.165, 1.54) is 6.21 Å². The molecule has 33 heavy (non-hydrogen) atoms. The summed E-state index contributed by atoms with van der Waals surface area (Å²) >= 11 is 0. The first-order chi connectivity index (χ1) is 15.9. The van der Waals surface area contributed by atoms with Crippen LogP contribution < -0.4 is 27.4 Å². The third-order valence-corrected chi connectivity index (χ3v) is 4.81. The van der Waals surface area contributed by atoms with Crippen molar-refractivity contribution in [2.45, 2.75) is 13.8 Å². The Bertz CT molecular complexity index is 1140. The van der Waals surface area contributed by atoms with E-state index in [9.17, 15) is 0 Å². The molecule has 9 heteroatoms. The van der Waals surface area contributed by atoms with Crippen LogP contribution in [0.1, 0.15) is 13.8 Å². The summed E-state index contributed by atoms with van der Waals surface area (Å²) in [7, 11) is 1.80. The molecule has 0 radical (unpaired) electrons. The lowest BCUT2D eigenvalue weighted by Gasteiger charge is -2.24. The monoisotopic (exact) mass is 443 g/mol. The lowest BCUT2D eigenvalue weighted by atomic mass is 10.0. The molecule has 2 aliphatic heterocycles. The van der Waals surface area contributed by atoms with Crippen LogP contribution in [-0.2, 0) is 0 Å². The Labute approximate surface area is 193 Å². The maximum atomic E-state index is 7.53. The van der Waals surface area contributed by atoms with Crippen LogP contribution in [0.4, 0.5) is 5.69 Å². The van der Waals surface area contributed by atoms with Crippen LogP contribution in [0.3, 0.4) is 0 Å². The molecule has 0 aliphatic carbocycles. The molecule has 0 unspecified atom stereocenters. The summed E-state index contributed by atoms with van der Waals surface area (Å²) in [5.74, 6) is 1.44. The van der Waals surface area contributed by atoms with Gasteiger partial charge in [-0.05, 0) is 47.9 Å². The molecule has 0 amide bonds. The van der Waals surface area contributed by atoms with E-state index in [1.54, 1.807) is 31.7 Å². The fourth-order valence-electron chi connectivity index (χ4n) is 3.10. The maximum absolute atomic E-state index is 7.53. The number of aliphatic imine (C=N–C) groups is 2. The predicted molar refractivity (Wildman–Crippen MR) is 135 cm³/mol. The highest BCUT2D eigenvalue weighted by atomic mass is 15.1. The molecule has 1 aromatic rings. The molecule has 3 rings (SSSR count). The molecule has 2 aliphatic rings. The van der Waals surface area contributed by atoms with Crippen LogP contribution in [0.25, 0.3) is 0 Å². The summed E-state index contributed by atoms with van der Waals surface area (Å²) in [4.78, 5) is 13.0. The molecular weight excluding hydrogens is 414 g/mol. The van der Waals surface area contributed by atoms with Crippen molar-refractivity contribution in [1.29, 1.82) is 5.41 Å². The topological polar surface area (TPSA) is 150 Å². The van der Waals surface area contributed by atoms with E-state index in [4.69, 9.17) is 16.9 Å². The number of nitrogens with two attached hydrogens (primary N) is 2. The Kier molecular flexibility index (Phi) is 7.59. The van der Waals surface area contributed by atoms with Crippen LogP contribution >= 0.6 is 0 Å². The second kappa shape index (κ2) is 10.8. The second-order valence-electron chi connectivity index (χ2n) is 7.59. The van der Waals surface area contributed by atoms with Gasteiger partial charge in [-0.2, -0.15) is 0 Å². The summed E-state index contributed by atoms with van der Waals surface area (Å²) in [5.41, 5.74) is 17.1. The predicted octanol–water partition coefficient (Wildman–Crippen LogP) is 2.46. The SMILES string of the molecule is CN/C=C(/C1=CNC2=CC=C(N=C(N)C=C(C=N)C(C)C)NC2=C1)C(N)=Nc1cccnc1. The zero-order chi connectivity index (χ0) is 23.8. The first-order valence-electron chi connectivity index (χ1n) is 10.5. The van der Waals surface area contributed by atoms with Crippen LogP contribution in [0, 0.1) is 11.3 Å². The van der Waals surface area contributed by atoms with Crippen molar-refractivity contribution < 1.29 is 0 Å². The summed E-state index contributed by atoms with van der Waals surface area (Å²) in [6.07, 6.45) is 15.7. The Hall–Kier alpha value is -4.40. The van der Waals surface area contributed by atoms with Gasteiger partial charge < -0.3 is 32.8 Å². The Balaban J connectivity index is 1.85. The van der Waals surface area contributed by atoms with Gasteiger partial charge in [-0.15, -0.1) is 0 Å². The number of dihydropyridines is 2. The van der Waals surface area contributed by atoms with Gasteiger partial charge in [0.1, 0.15) is 17.5 Å². The smallest absolute Gasteiger partial charge is 0.133 e. The van der Waals surface area contributed by atoms with Crippen molar-refractivity contribution >= 4 is 23.6 Å². The van der Waals surface area contributed by atoms with Crippen molar-refractivity contribution in [1.82, 2.24) is 20.9 Å². The molecule has 0 atom stereocenters. The van der Waals surface area contributed by atoms with Gasteiger partial charge >= 0.3 is 0 Å². The molecule has 170 valence electrons. The minimum Gasteiger partial charge on any atom is -0.393 e. The van der Waals surface area contributed by atoms with E-state index in [1.807, 2.05) is 50.4 Å². The summed E-state index contributed by atoms with van der Waals surface area (Å²) in [5, 5.41) is 17.1. The molecule has 1 aromatic heterocycles. The highest BCUT2D eigenvalue weighted by molar-refractivity contribution is 6.03. The molecule has 0 aromatic carbocycles. The fourth-order valence-corrected chi connectivity index (χ4v) is 3.10. The minimum absolute atomic E-state index is 0.185. The third-order valence-electron chi connectivity index (χ3n) is 4.81. The van der Waals surface area contributed by atoms with E-state index < -0.39 is 0 Å². The minimum atomic E-state index is 0.185. The molecule has 0 saturated carbocycles. The number of allylic oxidation sites excluding steroid dienone is 4. The molecule has 9 nitrogen and oxygen atoms in total. The summed E-state index contributed by atoms with van der Waals surface area (Å²) in [6.45, 7) is 4.01. The van der Waals surface area contributed by atoms with Gasteiger partial charge in [-0.25, -0.2) is 9.98 Å². The lowest BCUT2D eigenvalue weighted by Crippen LogP contribution is -2.28. The number of aromatic nitrogens is 1. The normalized spacial score (nSPS) is 17.1. The van der Waals surface area contributed by atoms with Gasteiger partial charge in [0.2, 0.25) is 0 Å². The van der Waals surface area contributed by atoms with E-state index in [2.05, 4.69) is 30.9 Å². The number of amidine groups is 2. The number of pyridine rings is 1. The van der Waals surface area contributed by atoms with Gasteiger partial charge in [-0.1, -0.05) is 13.8 Å². The summed E-state index contributed by atoms with van der Waals surface area (Å²) in [6, 6.07) is 3.64. The van der Waals surface area contributed by atoms with E-state index in [-0.39, 0.29) is 5.92 Å². The molecule has 0 saturated heterocycles. The Morgan fingerprint density at radius 1 is 1.21 bits per heavy atom. The fraction of sp³-hybridized carbons (Fsp3) is 0.167. The molecule has 0 fully saturated rings. The van der Waals surface area contributed by atoms with Crippen LogP contribution in [0.5, 0.6) is 0 Å². The van der Waals surface area contributed by atoms with Crippen LogP contribution in [0.2, 0.25) is 0 Å². The highest BCUT2D eigenvalue weighted by Gasteiger charge is 2.18. The van der Waals surface area contributed by atoms with Crippen molar-refractivity contribution in [2.75, 3.05) is 7.05 Å². The Morgan fingerprint density at radius 2 is 2.03 bits per heavy atom. The zero-order valence-electron chi connectivity index (χ0n) is 18.9. The Morgan fingerprint density at radius 3 is 2.70 bits per heavy atom. The third kappa shape index (κ3) is 6.07. The average molecular weight is 444 g/mol. The van der Waals surface area contributed by atoms with E-state index in [0.717, 1.165) is 28.1 Å².